The number of fused-ring (bicyclic) bond motifs is 1. The molecule has 1 atom stereocenters. The second-order valence-electron chi connectivity index (χ2n) is 5.68. The second kappa shape index (κ2) is 7.23. The van der Waals surface area contributed by atoms with E-state index in [4.69, 9.17) is 9.47 Å². The number of H-pyrrole nitrogens is 1. The van der Waals surface area contributed by atoms with Gasteiger partial charge in [0.2, 0.25) is 0 Å². The first-order chi connectivity index (χ1) is 12.0. The molecule has 0 aliphatic heterocycles. The molecule has 3 rings (SSSR count). The highest BCUT2D eigenvalue weighted by molar-refractivity contribution is 5.85. The molecule has 0 radical (unpaired) electrons. The molecule has 1 unspecified atom stereocenters. The second-order valence-corrected chi connectivity index (χ2v) is 5.68. The summed E-state index contributed by atoms with van der Waals surface area (Å²) in [6.45, 7) is 1.75. The van der Waals surface area contributed by atoms with E-state index >= 15 is 0 Å². The van der Waals surface area contributed by atoms with Crippen LogP contribution in [0.4, 0.5) is 5.69 Å². The van der Waals surface area contributed by atoms with Crippen molar-refractivity contribution in [1.82, 2.24) is 4.98 Å². The Morgan fingerprint density at radius 1 is 1.20 bits per heavy atom. The van der Waals surface area contributed by atoms with Crippen molar-refractivity contribution in [3.8, 4) is 11.5 Å². The van der Waals surface area contributed by atoms with Crippen LogP contribution in [0, 0.1) is 17.0 Å². The Morgan fingerprint density at radius 2 is 2.00 bits per heavy atom. The quantitative estimate of drug-likeness (QED) is 0.507. The van der Waals surface area contributed by atoms with E-state index in [1.54, 1.807) is 13.0 Å². The topological polar surface area (TPSA) is 97.6 Å². The van der Waals surface area contributed by atoms with Gasteiger partial charge in [-0.05, 0) is 37.3 Å². The highest BCUT2D eigenvalue weighted by Gasteiger charge is 2.12. The molecule has 0 aliphatic carbocycles. The van der Waals surface area contributed by atoms with Crippen LogP contribution in [0.1, 0.15) is 5.56 Å². The number of nitrogens with zero attached hydrogens (tertiary/aromatic N) is 1. The number of aromatic nitrogens is 1. The summed E-state index contributed by atoms with van der Waals surface area (Å²) in [5.41, 5.74) is 1.51. The van der Waals surface area contributed by atoms with Crippen LogP contribution in [-0.2, 0) is 0 Å². The first-order valence-electron chi connectivity index (χ1n) is 7.79. The fourth-order valence-corrected chi connectivity index (χ4v) is 2.53. The zero-order valence-electron chi connectivity index (χ0n) is 13.6. The van der Waals surface area contributed by atoms with E-state index in [1.807, 2.05) is 30.5 Å². The van der Waals surface area contributed by atoms with Gasteiger partial charge in [0.15, 0.2) is 0 Å². The Labute approximate surface area is 144 Å². The van der Waals surface area contributed by atoms with E-state index in [1.165, 1.54) is 12.1 Å². The van der Waals surface area contributed by atoms with Crippen LogP contribution >= 0.6 is 0 Å². The summed E-state index contributed by atoms with van der Waals surface area (Å²) in [4.78, 5) is 13.5. The molecule has 7 nitrogen and oxygen atoms in total. The molecule has 0 spiro atoms. The summed E-state index contributed by atoms with van der Waals surface area (Å²) in [6.07, 6.45) is 0.998. The molecule has 0 amide bonds. The number of aryl methyl sites for hydroxylation is 1. The molecule has 0 saturated carbocycles. The van der Waals surface area contributed by atoms with Gasteiger partial charge in [-0.2, -0.15) is 0 Å². The highest BCUT2D eigenvalue weighted by atomic mass is 16.6. The molecular weight excluding hydrogens is 324 g/mol. The number of benzene rings is 2. The fraction of sp³-hybridized carbons (Fsp3) is 0.222. The van der Waals surface area contributed by atoms with E-state index in [0.717, 1.165) is 10.9 Å². The van der Waals surface area contributed by atoms with Crippen molar-refractivity contribution in [3.63, 3.8) is 0 Å². The van der Waals surface area contributed by atoms with Gasteiger partial charge < -0.3 is 19.6 Å². The Balaban J connectivity index is 1.54. The lowest BCUT2D eigenvalue weighted by Gasteiger charge is -2.14. The van der Waals surface area contributed by atoms with Gasteiger partial charge in [0.25, 0.3) is 5.69 Å². The standard InChI is InChI=1S/C18H18N2O5/c1-12-9-14(5-6-17(12)20(22)23)24-10-13(21)11-25-18-4-2-3-16-15(18)7-8-19-16/h2-9,13,19,21H,10-11H2,1H3. The van der Waals surface area contributed by atoms with Gasteiger partial charge in [0.05, 0.1) is 4.92 Å². The molecule has 1 heterocycles. The zero-order chi connectivity index (χ0) is 17.8. The molecule has 25 heavy (non-hydrogen) atoms. The highest BCUT2D eigenvalue weighted by Crippen LogP contribution is 2.25. The van der Waals surface area contributed by atoms with Gasteiger partial charge in [-0.25, -0.2) is 0 Å². The Bertz CT molecular complexity index is 890. The monoisotopic (exact) mass is 342 g/mol. The number of aliphatic hydroxyl groups excluding tert-OH is 1. The molecule has 3 aromatic rings. The molecular formula is C18H18N2O5. The van der Waals surface area contributed by atoms with Crippen molar-refractivity contribution in [2.75, 3.05) is 13.2 Å². The van der Waals surface area contributed by atoms with Crippen LogP contribution in [0.15, 0.2) is 48.7 Å². The first-order valence-corrected chi connectivity index (χ1v) is 7.79. The predicted octanol–water partition coefficient (Wildman–Crippen LogP) is 3.20. The van der Waals surface area contributed by atoms with Crippen molar-refractivity contribution in [2.24, 2.45) is 0 Å². The van der Waals surface area contributed by atoms with Crippen LogP contribution in [0.3, 0.4) is 0 Å². The molecule has 1 aromatic heterocycles. The number of ether oxygens (including phenoxy) is 2. The smallest absolute Gasteiger partial charge is 0.272 e. The number of nitro groups is 1. The number of nitrogens with one attached hydrogen (secondary N) is 1. The number of nitro benzene ring substituents is 1. The minimum absolute atomic E-state index is 0.0281. The van der Waals surface area contributed by atoms with Crippen molar-refractivity contribution in [1.29, 1.82) is 0 Å². The maximum Gasteiger partial charge on any atom is 0.272 e. The van der Waals surface area contributed by atoms with Gasteiger partial charge in [0, 0.05) is 28.7 Å². The molecule has 7 heteroatoms. The number of aliphatic hydroxyl groups is 1. The normalized spacial score (nSPS) is 12.1. The van der Waals surface area contributed by atoms with Gasteiger partial charge in [-0.3, -0.25) is 10.1 Å². The molecule has 130 valence electrons. The number of hydrogen-bond acceptors (Lipinski definition) is 5. The summed E-state index contributed by atoms with van der Waals surface area (Å²) < 4.78 is 11.1. The lowest BCUT2D eigenvalue weighted by Crippen LogP contribution is -2.25. The van der Waals surface area contributed by atoms with E-state index in [0.29, 0.717) is 17.1 Å². The van der Waals surface area contributed by atoms with Gasteiger partial charge >= 0.3 is 0 Å². The Hall–Kier alpha value is -3.06. The molecule has 2 N–H and O–H groups in total. The maximum absolute atomic E-state index is 10.8. The number of hydrogen-bond donors (Lipinski definition) is 2. The fourth-order valence-electron chi connectivity index (χ4n) is 2.53. The summed E-state index contributed by atoms with van der Waals surface area (Å²) in [5.74, 6) is 1.15. The van der Waals surface area contributed by atoms with Gasteiger partial charge in [0.1, 0.15) is 30.8 Å². The lowest BCUT2D eigenvalue weighted by atomic mass is 10.2. The van der Waals surface area contributed by atoms with Crippen LogP contribution in [-0.4, -0.2) is 34.3 Å². The van der Waals surface area contributed by atoms with E-state index in [9.17, 15) is 15.2 Å². The SMILES string of the molecule is Cc1cc(OCC(O)COc2cccc3[nH]ccc23)ccc1[N+](=O)[O-]. The largest absolute Gasteiger partial charge is 0.491 e. The molecule has 0 saturated heterocycles. The van der Waals surface area contributed by atoms with Crippen LogP contribution in [0.25, 0.3) is 10.9 Å². The van der Waals surface area contributed by atoms with Crippen molar-refractivity contribution in [3.05, 3.63) is 64.3 Å². The van der Waals surface area contributed by atoms with Crippen LogP contribution in [0.2, 0.25) is 0 Å². The van der Waals surface area contributed by atoms with Crippen molar-refractivity contribution < 1.29 is 19.5 Å². The molecule has 0 aliphatic rings. The average molecular weight is 342 g/mol. The molecule has 0 fully saturated rings. The lowest BCUT2D eigenvalue weighted by molar-refractivity contribution is -0.385. The number of aromatic amines is 1. The minimum atomic E-state index is -0.829. The minimum Gasteiger partial charge on any atom is -0.491 e. The summed E-state index contributed by atoms with van der Waals surface area (Å²) in [5, 5.41) is 21.8. The van der Waals surface area contributed by atoms with Gasteiger partial charge in [-0.1, -0.05) is 6.07 Å². The Kier molecular flexibility index (Phi) is 4.85. The third-order valence-corrected chi connectivity index (χ3v) is 3.79. The first kappa shape index (κ1) is 16.8. The summed E-state index contributed by atoms with van der Waals surface area (Å²) in [6, 6.07) is 12.0. The van der Waals surface area contributed by atoms with E-state index in [2.05, 4.69) is 4.98 Å². The molecule has 2 aromatic carbocycles. The van der Waals surface area contributed by atoms with Crippen molar-refractivity contribution in [2.45, 2.75) is 13.0 Å². The van der Waals surface area contributed by atoms with E-state index in [-0.39, 0.29) is 18.9 Å². The maximum atomic E-state index is 10.8. The summed E-state index contributed by atoms with van der Waals surface area (Å²) >= 11 is 0. The third-order valence-electron chi connectivity index (χ3n) is 3.79. The number of rotatable bonds is 7. The zero-order valence-corrected chi connectivity index (χ0v) is 13.6. The summed E-state index contributed by atoms with van der Waals surface area (Å²) in [7, 11) is 0. The molecule has 0 bridgehead atoms. The van der Waals surface area contributed by atoms with Crippen LogP contribution in [0.5, 0.6) is 11.5 Å². The van der Waals surface area contributed by atoms with Gasteiger partial charge in [-0.15, -0.1) is 0 Å². The third kappa shape index (κ3) is 3.89. The Morgan fingerprint density at radius 3 is 2.76 bits per heavy atom. The predicted molar refractivity (Wildman–Crippen MR) is 93.1 cm³/mol. The van der Waals surface area contributed by atoms with Crippen molar-refractivity contribution >= 4 is 16.6 Å². The average Bonchev–Trinajstić information content (AvgIpc) is 3.07. The van der Waals surface area contributed by atoms with E-state index < -0.39 is 11.0 Å². The van der Waals surface area contributed by atoms with Crippen LogP contribution < -0.4 is 9.47 Å².